The molecule has 60 heavy (non-hydrogen) atoms. The summed E-state index contributed by atoms with van der Waals surface area (Å²) in [5.74, 6) is -2.88. The number of carbonyl (C=O) groups excluding carboxylic acids is 2. The lowest BCUT2D eigenvalue weighted by atomic mass is 10.2. The molecule has 0 unspecified atom stereocenters. The predicted molar refractivity (Wildman–Crippen MR) is 200 cm³/mol. The van der Waals surface area contributed by atoms with Crippen molar-refractivity contribution in [3.8, 4) is 10.9 Å². The molecule has 0 saturated carbocycles. The topological polar surface area (TPSA) is 232 Å². The van der Waals surface area contributed by atoms with E-state index in [1.54, 1.807) is 27.7 Å². The molecule has 17 nitrogen and oxygen atoms in total. The molecule has 0 aliphatic carbocycles. The van der Waals surface area contributed by atoms with Crippen molar-refractivity contribution < 1.29 is 74.0 Å². The van der Waals surface area contributed by atoms with Crippen LogP contribution in [-0.2, 0) is 38.3 Å². The minimum absolute atomic E-state index is 0.0104. The predicted octanol–water partition coefficient (Wildman–Crippen LogP) is 5.09. The summed E-state index contributed by atoms with van der Waals surface area (Å²) in [6.45, 7) is 5.77. The molecule has 0 aliphatic heterocycles. The first-order chi connectivity index (χ1) is 27.5. The number of nitrogens with one attached hydrogen (secondary N) is 1. The molecule has 2 aromatic heterocycles. The third-order valence-corrected chi connectivity index (χ3v) is 8.68. The first-order valence-corrected chi connectivity index (χ1v) is 19.5. The van der Waals surface area contributed by atoms with Gasteiger partial charge in [0.25, 0.3) is 16.7 Å². The van der Waals surface area contributed by atoms with Crippen LogP contribution in [0.4, 0.5) is 36.4 Å². The minimum atomic E-state index is -4.86. The van der Waals surface area contributed by atoms with Crippen molar-refractivity contribution >= 4 is 54.1 Å². The summed E-state index contributed by atoms with van der Waals surface area (Å²) in [6.07, 6.45) is -10.5. The third kappa shape index (κ3) is 15.8. The van der Waals surface area contributed by atoms with Crippen molar-refractivity contribution in [2.24, 2.45) is 7.05 Å². The van der Waals surface area contributed by atoms with E-state index in [-0.39, 0.29) is 38.8 Å². The lowest BCUT2D eigenvalue weighted by molar-refractivity contribution is -0.144. The third-order valence-electron chi connectivity index (χ3n) is 6.83. The van der Waals surface area contributed by atoms with Crippen LogP contribution in [-0.4, -0.2) is 83.7 Å². The Kier molecular flexibility index (Phi) is 18.1. The number of aromatic nitrogens is 4. The number of esters is 1. The number of hydrogen-bond acceptors (Lipinski definition) is 12. The highest BCUT2D eigenvalue weighted by Crippen LogP contribution is 2.34. The minimum Gasteiger partial charge on any atom is -0.480 e. The molecule has 0 saturated heterocycles. The van der Waals surface area contributed by atoms with Crippen LogP contribution in [0.3, 0.4) is 0 Å². The Morgan fingerprint density at radius 3 is 2.05 bits per heavy atom. The van der Waals surface area contributed by atoms with Gasteiger partial charge in [0.1, 0.15) is 11.5 Å². The fourth-order valence-corrected chi connectivity index (χ4v) is 5.60. The Morgan fingerprint density at radius 2 is 1.57 bits per heavy atom. The normalized spacial score (nSPS) is 11.6. The number of nitrogens with zero attached hydrogens (tertiary/aromatic N) is 5. The van der Waals surface area contributed by atoms with Crippen molar-refractivity contribution in [2.45, 2.75) is 52.2 Å². The number of aliphatic carboxylic acids is 1. The van der Waals surface area contributed by atoms with Gasteiger partial charge in [-0.15, -0.1) is 5.10 Å². The number of rotatable bonds is 12. The molecule has 0 atom stereocenters. The van der Waals surface area contributed by atoms with Gasteiger partial charge in [-0.05, 0) is 70.2 Å². The molecule has 0 fully saturated rings. The average molecular weight is 923 g/mol. The molecule has 1 amide bonds. The highest BCUT2D eigenvalue weighted by atomic mass is 35.5. The summed E-state index contributed by atoms with van der Waals surface area (Å²) in [5, 5.41) is 14.8. The monoisotopic (exact) mass is 922 g/mol. The van der Waals surface area contributed by atoms with E-state index in [2.05, 4.69) is 15.5 Å². The number of hydrogen-bond donors (Lipinski definition) is 4. The van der Waals surface area contributed by atoms with Gasteiger partial charge in [0.15, 0.2) is 6.61 Å². The highest BCUT2D eigenvalue weighted by Gasteiger charge is 2.37. The molecular formula is C33H35ClF7N6O11PS. The molecule has 4 N–H and O–H groups in total. The lowest BCUT2D eigenvalue weighted by Gasteiger charge is -2.26. The number of alkyl halides is 6. The van der Waals surface area contributed by atoms with Gasteiger partial charge in [-0.1, -0.05) is 28.0 Å². The van der Waals surface area contributed by atoms with Crippen molar-refractivity contribution in [3.05, 3.63) is 96.5 Å². The van der Waals surface area contributed by atoms with Gasteiger partial charge in [-0.25, -0.2) is 18.5 Å². The van der Waals surface area contributed by atoms with E-state index < -0.39 is 91.1 Å². The fraction of sp³-hybridized carbons (Fsp3) is 0.364. The van der Waals surface area contributed by atoms with Crippen LogP contribution in [0, 0.1) is 5.82 Å². The lowest BCUT2D eigenvalue weighted by Crippen LogP contribution is -2.40. The molecule has 2 heterocycles. The number of carboxylic acids is 1. The van der Waals surface area contributed by atoms with E-state index in [1.165, 1.54) is 41.3 Å². The van der Waals surface area contributed by atoms with Crippen LogP contribution < -0.4 is 26.2 Å². The van der Waals surface area contributed by atoms with E-state index in [0.29, 0.717) is 20.9 Å². The van der Waals surface area contributed by atoms with Gasteiger partial charge >= 0.3 is 37.6 Å². The van der Waals surface area contributed by atoms with Crippen LogP contribution in [0.25, 0.3) is 5.69 Å². The highest BCUT2D eigenvalue weighted by molar-refractivity contribution is 7.51. The number of carboxylic acid groups (broad SMARTS) is 1. The van der Waals surface area contributed by atoms with Crippen LogP contribution in [0.15, 0.2) is 58.1 Å². The second-order valence-electron chi connectivity index (χ2n) is 12.3. The van der Waals surface area contributed by atoms with E-state index in [9.17, 15) is 59.3 Å². The van der Waals surface area contributed by atoms with Crippen molar-refractivity contribution in [3.63, 3.8) is 0 Å². The van der Waals surface area contributed by atoms with Gasteiger partial charge in [0, 0.05) is 24.8 Å². The second-order valence-corrected chi connectivity index (χ2v) is 15.3. The number of ether oxygens (including phenoxy) is 2. The molecule has 330 valence electrons. The van der Waals surface area contributed by atoms with Crippen LogP contribution in [0.1, 0.15) is 48.8 Å². The van der Waals surface area contributed by atoms with Crippen LogP contribution in [0.2, 0.25) is 5.02 Å². The Hall–Kier alpha value is -5.20. The average Bonchev–Trinajstić information content (AvgIpc) is 3.60. The molecule has 0 spiro atoms. The molecule has 0 bridgehead atoms. The largest absolute Gasteiger partial charge is 0.480 e. The zero-order valence-corrected chi connectivity index (χ0v) is 34.1. The van der Waals surface area contributed by atoms with Crippen LogP contribution in [0.5, 0.6) is 5.19 Å². The van der Waals surface area contributed by atoms with Crippen molar-refractivity contribution in [2.75, 3.05) is 24.3 Å². The summed E-state index contributed by atoms with van der Waals surface area (Å²) in [7, 11) is -3.20. The quantitative estimate of drug-likeness (QED) is 0.0825. The zero-order chi connectivity index (χ0) is 45.9. The molecule has 4 rings (SSSR count). The first-order valence-electron chi connectivity index (χ1n) is 16.5. The van der Waals surface area contributed by atoms with Gasteiger partial charge < -0.3 is 29.3 Å². The van der Waals surface area contributed by atoms with Gasteiger partial charge in [-0.3, -0.25) is 28.8 Å². The van der Waals surface area contributed by atoms with Gasteiger partial charge in [-0.2, -0.15) is 26.3 Å². The Balaban J connectivity index is 0.000000339. The van der Waals surface area contributed by atoms with Crippen LogP contribution >= 0.6 is 30.5 Å². The molecule has 4 aromatic rings. The van der Waals surface area contributed by atoms with Crippen molar-refractivity contribution in [1.29, 1.82) is 0 Å². The molecular weight excluding hydrogens is 888 g/mol. The summed E-state index contributed by atoms with van der Waals surface area (Å²) >= 11 is 6.15. The van der Waals surface area contributed by atoms with E-state index in [0.717, 1.165) is 13.1 Å². The van der Waals surface area contributed by atoms with Gasteiger partial charge in [0.2, 0.25) is 5.01 Å². The Bertz CT molecular complexity index is 2300. The molecule has 0 aliphatic rings. The Labute approximate surface area is 343 Å². The van der Waals surface area contributed by atoms with E-state index in [4.69, 9.17) is 36.0 Å². The smallest absolute Gasteiger partial charge is 0.445 e. The molecule has 27 heteroatoms. The summed E-state index contributed by atoms with van der Waals surface area (Å²) in [5.41, 5.74) is -3.55. The summed E-state index contributed by atoms with van der Waals surface area (Å²) in [6, 6.07) is 8.93. The number of anilines is 1. The Morgan fingerprint density at radius 1 is 0.967 bits per heavy atom. The SMILES string of the molecule is CC(C)N(C(=O)COc1nnc(C(F)(F)F)s1)c1ccc(F)cc1.CC(C)OC(=O)c1cc(-n2c(=O)cc(C(F)(F)F)n(C)c2=O)ccc1Cl.O=C(O)CNCP(=O)(O)O. The summed E-state index contributed by atoms with van der Waals surface area (Å²) in [4.78, 5) is 76.2. The maximum atomic E-state index is 13.0. The number of benzene rings is 2. The summed E-state index contributed by atoms with van der Waals surface area (Å²) < 4.78 is 110. The molecule has 2 aromatic carbocycles. The van der Waals surface area contributed by atoms with Crippen molar-refractivity contribution in [1.82, 2.24) is 24.6 Å². The zero-order valence-electron chi connectivity index (χ0n) is 31.6. The second kappa shape index (κ2) is 21.4. The number of halogens is 8. The number of carbonyl (C=O) groups is 3. The fourth-order valence-electron chi connectivity index (χ4n) is 4.44. The number of amides is 1. The maximum Gasteiger partial charge on any atom is 0.445 e. The van der Waals surface area contributed by atoms with E-state index in [1.807, 2.05) is 0 Å². The van der Waals surface area contributed by atoms with E-state index >= 15 is 0 Å². The standard InChI is InChI=1S/C16H14ClF3N2O4.C14H13F4N3O2S.C3H8NO5P/c1-8(2)26-14(24)10-6-9(4-5-11(10)17)22-13(23)7-12(16(18,19)20)21(3)15(22)25;1-8(2)21(10-5-3-9(15)4-6-10)11(22)7-23-13-20-19-12(24-13)14(16,17)18;5-3(6)1-4-2-10(7,8)9/h4-8H,1-3H3;3-6,8H,7H2,1-2H3;4H,1-2H2,(H,5,6)(H2,7,8,9). The molecule has 0 radical (unpaired) electrons. The maximum absolute atomic E-state index is 13.0. The first kappa shape index (κ1) is 50.9. The van der Waals surface area contributed by atoms with Gasteiger partial charge in [0.05, 0.1) is 35.2 Å².